The van der Waals surface area contributed by atoms with Gasteiger partial charge in [-0.3, -0.25) is 14.9 Å². The molecule has 9 heteroatoms. The van der Waals surface area contributed by atoms with Crippen molar-refractivity contribution in [1.82, 2.24) is 14.8 Å². The maximum atomic E-state index is 12.7. The fraction of sp³-hybridized carbons (Fsp3) is 0.0625. The molecule has 25 heavy (non-hydrogen) atoms. The van der Waals surface area contributed by atoms with Crippen LogP contribution >= 0.6 is 11.8 Å². The van der Waals surface area contributed by atoms with E-state index in [2.05, 4.69) is 15.4 Å². The van der Waals surface area contributed by atoms with Crippen molar-refractivity contribution < 1.29 is 9.72 Å². The number of nitrogens with zero attached hydrogens (tertiary/aromatic N) is 4. The predicted octanol–water partition coefficient (Wildman–Crippen LogP) is 3.15. The second kappa shape index (κ2) is 7.14. The van der Waals surface area contributed by atoms with Crippen LogP contribution in [0.2, 0.25) is 0 Å². The zero-order valence-corrected chi connectivity index (χ0v) is 13.9. The Labute approximate surface area is 147 Å². The average molecular weight is 355 g/mol. The molecule has 0 unspecified atom stereocenters. The Hall–Kier alpha value is -3.20. The highest BCUT2D eigenvalue weighted by atomic mass is 32.2. The Morgan fingerprint density at radius 3 is 2.76 bits per heavy atom. The van der Waals surface area contributed by atoms with Gasteiger partial charge in [-0.2, -0.15) is 5.10 Å². The molecule has 0 saturated heterocycles. The summed E-state index contributed by atoms with van der Waals surface area (Å²) in [6.45, 7) is 0. The average Bonchev–Trinajstić information content (AvgIpc) is 3.16. The molecule has 0 saturated carbocycles. The molecule has 126 valence electrons. The highest BCUT2D eigenvalue weighted by molar-refractivity contribution is 7.98. The van der Waals surface area contributed by atoms with Gasteiger partial charge in [-0.15, -0.1) is 11.8 Å². The summed E-state index contributed by atoms with van der Waals surface area (Å²) >= 11 is 1.40. The quantitative estimate of drug-likeness (QED) is 0.428. The highest BCUT2D eigenvalue weighted by Crippen LogP contribution is 2.27. The minimum Gasteiger partial charge on any atom is -0.320 e. The molecule has 0 atom stereocenters. The molecule has 0 aliphatic rings. The van der Waals surface area contributed by atoms with Gasteiger partial charge in [0.1, 0.15) is 18.2 Å². The van der Waals surface area contributed by atoms with Crippen molar-refractivity contribution in [3.05, 3.63) is 70.8 Å². The first kappa shape index (κ1) is 16.7. The SMILES string of the molecule is CSc1ccc([N+](=O)[O-])c(C(=O)Nc2ccccc2-n2cncn2)c1. The Bertz CT molecular complexity index is 927. The van der Waals surface area contributed by atoms with Gasteiger partial charge in [0.15, 0.2) is 0 Å². The lowest BCUT2D eigenvalue weighted by Gasteiger charge is -2.11. The van der Waals surface area contributed by atoms with Gasteiger partial charge in [0, 0.05) is 11.0 Å². The van der Waals surface area contributed by atoms with Crippen LogP contribution in [-0.4, -0.2) is 31.9 Å². The number of hydrogen-bond donors (Lipinski definition) is 1. The third kappa shape index (κ3) is 3.50. The zero-order chi connectivity index (χ0) is 17.8. The van der Waals surface area contributed by atoms with Gasteiger partial charge in [0.2, 0.25) is 0 Å². The van der Waals surface area contributed by atoms with Crippen molar-refractivity contribution in [1.29, 1.82) is 0 Å². The van der Waals surface area contributed by atoms with E-state index in [0.29, 0.717) is 11.4 Å². The fourth-order valence-corrected chi connectivity index (χ4v) is 2.72. The molecular formula is C16H13N5O3S. The standard InChI is InChI=1S/C16H13N5O3S/c1-25-11-6-7-14(21(23)24)12(8-11)16(22)19-13-4-2-3-5-15(13)20-10-17-9-18-20/h2-10H,1H3,(H,19,22). The highest BCUT2D eigenvalue weighted by Gasteiger charge is 2.21. The van der Waals surface area contributed by atoms with Gasteiger partial charge >= 0.3 is 0 Å². The molecule has 0 aliphatic carbocycles. The summed E-state index contributed by atoms with van der Waals surface area (Å²) in [4.78, 5) is 28.0. The third-order valence-corrected chi connectivity index (χ3v) is 4.19. The molecule has 2 aromatic carbocycles. The van der Waals surface area contributed by atoms with Crippen molar-refractivity contribution in [3.63, 3.8) is 0 Å². The normalized spacial score (nSPS) is 10.4. The van der Waals surface area contributed by atoms with Crippen LogP contribution in [0.25, 0.3) is 5.69 Å². The zero-order valence-electron chi connectivity index (χ0n) is 13.1. The monoisotopic (exact) mass is 355 g/mol. The van der Waals surface area contributed by atoms with E-state index in [1.807, 2.05) is 6.26 Å². The van der Waals surface area contributed by atoms with Gasteiger partial charge in [-0.05, 0) is 30.5 Å². The Morgan fingerprint density at radius 1 is 1.28 bits per heavy atom. The van der Waals surface area contributed by atoms with Crippen molar-refractivity contribution in [3.8, 4) is 5.69 Å². The lowest BCUT2D eigenvalue weighted by atomic mass is 10.1. The Morgan fingerprint density at radius 2 is 2.08 bits per heavy atom. The van der Waals surface area contributed by atoms with Gasteiger partial charge in [0.25, 0.3) is 11.6 Å². The molecular weight excluding hydrogens is 342 g/mol. The van der Waals surface area contributed by atoms with E-state index in [9.17, 15) is 14.9 Å². The van der Waals surface area contributed by atoms with Crippen molar-refractivity contribution in [2.45, 2.75) is 4.90 Å². The number of nitro groups is 1. The molecule has 1 aromatic heterocycles. The number of nitrogens with one attached hydrogen (secondary N) is 1. The first-order valence-corrected chi connectivity index (χ1v) is 8.40. The second-order valence-electron chi connectivity index (χ2n) is 4.95. The van der Waals surface area contributed by atoms with Crippen molar-refractivity contribution >= 4 is 29.0 Å². The van der Waals surface area contributed by atoms with Crippen molar-refractivity contribution in [2.24, 2.45) is 0 Å². The van der Waals surface area contributed by atoms with Gasteiger partial charge in [0.05, 0.1) is 16.3 Å². The molecule has 1 N–H and O–H groups in total. The van der Waals surface area contributed by atoms with E-state index in [1.54, 1.807) is 30.3 Å². The van der Waals surface area contributed by atoms with E-state index >= 15 is 0 Å². The first-order chi connectivity index (χ1) is 12.1. The number of benzene rings is 2. The van der Waals surface area contributed by atoms with Crippen LogP contribution in [0.15, 0.2) is 60.0 Å². The van der Waals surface area contributed by atoms with E-state index in [1.165, 1.54) is 41.2 Å². The topological polar surface area (TPSA) is 103 Å². The van der Waals surface area contributed by atoms with Crippen LogP contribution in [0.4, 0.5) is 11.4 Å². The third-order valence-electron chi connectivity index (χ3n) is 3.46. The number of thioether (sulfide) groups is 1. The van der Waals surface area contributed by atoms with Crippen LogP contribution in [0.5, 0.6) is 0 Å². The van der Waals surface area contributed by atoms with E-state index < -0.39 is 10.8 Å². The minimum absolute atomic E-state index is 0.00485. The number of rotatable bonds is 5. The van der Waals surface area contributed by atoms with Crippen molar-refractivity contribution in [2.75, 3.05) is 11.6 Å². The van der Waals surface area contributed by atoms with Gasteiger partial charge in [-0.25, -0.2) is 9.67 Å². The fourth-order valence-electron chi connectivity index (χ4n) is 2.28. The minimum atomic E-state index is -0.567. The summed E-state index contributed by atoms with van der Waals surface area (Å²) in [6, 6.07) is 11.5. The predicted molar refractivity (Wildman–Crippen MR) is 94.2 cm³/mol. The molecule has 0 aliphatic heterocycles. The van der Waals surface area contributed by atoms with E-state index in [0.717, 1.165) is 4.90 Å². The summed E-state index contributed by atoms with van der Waals surface area (Å²) in [6.07, 6.45) is 4.72. The lowest BCUT2D eigenvalue weighted by Crippen LogP contribution is -2.15. The second-order valence-corrected chi connectivity index (χ2v) is 5.83. The number of amides is 1. The number of para-hydroxylation sites is 2. The number of anilines is 1. The Kier molecular flexibility index (Phi) is 4.75. The summed E-state index contributed by atoms with van der Waals surface area (Å²) in [7, 11) is 0. The molecule has 1 amide bonds. The maximum absolute atomic E-state index is 12.7. The molecule has 0 spiro atoms. The van der Waals surface area contributed by atoms with Crippen LogP contribution in [0, 0.1) is 10.1 Å². The van der Waals surface area contributed by atoms with Gasteiger partial charge in [-0.1, -0.05) is 12.1 Å². The molecule has 3 rings (SSSR count). The van der Waals surface area contributed by atoms with Crippen LogP contribution in [-0.2, 0) is 0 Å². The number of carbonyl (C=O) groups excluding carboxylic acids is 1. The Balaban J connectivity index is 1.98. The van der Waals surface area contributed by atoms with Crippen LogP contribution < -0.4 is 5.32 Å². The summed E-state index contributed by atoms with van der Waals surface area (Å²) < 4.78 is 1.50. The smallest absolute Gasteiger partial charge is 0.282 e. The first-order valence-electron chi connectivity index (χ1n) is 7.18. The lowest BCUT2D eigenvalue weighted by molar-refractivity contribution is -0.385. The molecule has 8 nitrogen and oxygen atoms in total. The number of aromatic nitrogens is 3. The number of carbonyl (C=O) groups is 1. The van der Waals surface area contributed by atoms with E-state index in [4.69, 9.17) is 0 Å². The van der Waals surface area contributed by atoms with E-state index in [-0.39, 0.29) is 11.3 Å². The maximum Gasteiger partial charge on any atom is 0.282 e. The molecule has 3 aromatic rings. The molecule has 0 radical (unpaired) electrons. The summed E-state index contributed by atoms with van der Waals surface area (Å²) in [5.74, 6) is -0.560. The van der Waals surface area contributed by atoms with Gasteiger partial charge < -0.3 is 5.32 Å². The summed E-state index contributed by atoms with van der Waals surface area (Å²) in [5.41, 5.74) is 0.845. The number of nitro benzene ring substituents is 1. The number of hydrogen-bond acceptors (Lipinski definition) is 6. The molecule has 0 bridgehead atoms. The summed E-state index contributed by atoms with van der Waals surface area (Å²) in [5, 5.41) is 18.0. The molecule has 1 heterocycles. The molecule has 0 fully saturated rings. The van der Waals surface area contributed by atoms with Crippen LogP contribution in [0.1, 0.15) is 10.4 Å². The largest absolute Gasteiger partial charge is 0.320 e. The van der Waals surface area contributed by atoms with Crippen LogP contribution in [0.3, 0.4) is 0 Å².